The van der Waals surface area contributed by atoms with Crippen LogP contribution >= 0.6 is 12.4 Å². The summed E-state index contributed by atoms with van der Waals surface area (Å²) in [4.78, 5) is 12.5. The van der Waals surface area contributed by atoms with Gasteiger partial charge in [0.1, 0.15) is 0 Å². The van der Waals surface area contributed by atoms with Crippen LogP contribution in [0.2, 0.25) is 0 Å². The molecule has 2 unspecified atom stereocenters. The van der Waals surface area contributed by atoms with Gasteiger partial charge in [0, 0.05) is 30.1 Å². The van der Waals surface area contributed by atoms with Gasteiger partial charge in [0.2, 0.25) is 0 Å². The zero-order chi connectivity index (χ0) is 14.9. The van der Waals surface area contributed by atoms with Crippen LogP contribution in [0.15, 0.2) is 18.2 Å². The fourth-order valence-electron chi connectivity index (χ4n) is 3.75. The number of carbonyl (C=O) groups excluding carboxylic acids is 1. The first-order valence-corrected chi connectivity index (χ1v) is 8.24. The first kappa shape index (κ1) is 16.4. The van der Waals surface area contributed by atoms with Crippen molar-refractivity contribution in [1.29, 1.82) is 0 Å². The molecule has 6 heteroatoms. The lowest BCUT2D eigenvalue weighted by atomic mass is 9.99. The van der Waals surface area contributed by atoms with E-state index in [0.29, 0.717) is 36.6 Å². The standard InChI is InChI=1S/C17H22N2O3.ClH/c20-17(19-14-9-12-3-4-13(10-14)18-12)11-2-5-15-16(8-11)22-7-1-6-21-15;/h2,5,8,12-14,18H,1,3-4,6-7,9-10H2,(H,19,20);1H. The number of nitrogens with one attached hydrogen (secondary N) is 2. The van der Waals surface area contributed by atoms with E-state index in [1.807, 2.05) is 12.1 Å². The summed E-state index contributed by atoms with van der Waals surface area (Å²) in [5.41, 5.74) is 0.648. The van der Waals surface area contributed by atoms with E-state index >= 15 is 0 Å². The van der Waals surface area contributed by atoms with E-state index in [2.05, 4.69) is 10.6 Å². The van der Waals surface area contributed by atoms with E-state index < -0.39 is 0 Å². The monoisotopic (exact) mass is 338 g/mol. The van der Waals surface area contributed by atoms with Crippen molar-refractivity contribution in [3.63, 3.8) is 0 Å². The highest BCUT2D eigenvalue weighted by Crippen LogP contribution is 2.31. The average Bonchev–Trinajstić information content (AvgIpc) is 2.74. The highest BCUT2D eigenvalue weighted by Gasteiger charge is 2.34. The second kappa shape index (κ2) is 6.97. The van der Waals surface area contributed by atoms with Gasteiger partial charge in [-0.3, -0.25) is 4.79 Å². The summed E-state index contributed by atoms with van der Waals surface area (Å²) < 4.78 is 11.3. The van der Waals surface area contributed by atoms with Crippen molar-refractivity contribution in [2.75, 3.05) is 13.2 Å². The van der Waals surface area contributed by atoms with E-state index in [1.54, 1.807) is 6.07 Å². The highest BCUT2D eigenvalue weighted by atomic mass is 35.5. The molecule has 1 aromatic rings. The number of carbonyl (C=O) groups is 1. The van der Waals surface area contributed by atoms with Crippen LogP contribution in [0.3, 0.4) is 0 Å². The number of benzene rings is 1. The first-order valence-electron chi connectivity index (χ1n) is 8.24. The van der Waals surface area contributed by atoms with E-state index in [-0.39, 0.29) is 24.4 Å². The first-order chi connectivity index (χ1) is 10.8. The lowest BCUT2D eigenvalue weighted by Crippen LogP contribution is -2.48. The molecule has 126 valence electrons. The largest absolute Gasteiger partial charge is 0.490 e. The van der Waals surface area contributed by atoms with Gasteiger partial charge in [0.05, 0.1) is 13.2 Å². The molecular weight excluding hydrogens is 316 g/mol. The maximum atomic E-state index is 12.5. The predicted molar refractivity (Wildman–Crippen MR) is 89.7 cm³/mol. The number of amides is 1. The van der Waals surface area contributed by atoms with Crippen LogP contribution in [0.4, 0.5) is 0 Å². The van der Waals surface area contributed by atoms with Gasteiger partial charge in [-0.25, -0.2) is 0 Å². The number of rotatable bonds is 2. The molecule has 3 aliphatic heterocycles. The van der Waals surface area contributed by atoms with E-state index in [9.17, 15) is 4.79 Å². The number of halogens is 1. The molecule has 2 bridgehead atoms. The summed E-state index contributed by atoms with van der Waals surface area (Å²) in [6.45, 7) is 1.30. The zero-order valence-corrected chi connectivity index (χ0v) is 13.9. The Labute approximate surface area is 142 Å². The molecule has 5 nitrogen and oxygen atoms in total. The summed E-state index contributed by atoms with van der Waals surface area (Å²) >= 11 is 0. The molecular formula is C17H23ClN2O3. The fraction of sp³-hybridized carbons (Fsp3) is 0.588. The molecule has 0 aromatic heterocycles. The van der Waals surface area contributed by atoms with Crippen molar-refractivity contribution < 1.29 is 14.3 Å². The van der Waals surface area contributed by atoms with Gasteiger partial charge in [-0.2, -0.15) is 0 Å². The number of fused-ring (bicyclic) bond motifs is 3. The Morgan fingerprint density at radius 1 is 1.09 bits per heavy atom. The van der Waals surface area contributed by atoms with Gasteiger partial charge < -0.3 is 20.1 Å². The van der Waals surface area contributed by atoms with Crippen LogP contribution in [-0.2, 0) is 0 Å². The Morgan fingerprint density at radius 3 is 2.52 bits per heavy atom. The van der Waals surface area contributed by atoms with E-state index in [0.717, 1.165) is 25.0 Å². The molecule has 3 aliphatic rings. The zero-order valence-electron chi connectivity index (χ0n) is 13.0. The van der Waals surface area contributed by atoms with Crippen molar-refractivity contribution in [2.45, 2.75) is 50.2 Å². The molecule has 3 heterocycles. The average molecular weight is 339 g/mol. The minimum absolute atomic E-state index is 0. The maximum absolute atomic E-state index is 12.5. The predicted octanol–water partition coefficient (Wildman–Crippen LogP) is 2.28. The molecule has 2 N–H and O–H groups in total. The lowest BCUT2D eigenvalue weighted by Gasteiger charge is -2.29. The Bertz CT molecular complexity index is 569. The number of piperidine rings is 1. The normalized spacial score (nSPS) is 28.4. The third kappa shape index (κ3) is 3.56. The van der Waals surface area contributed by atoms with Crippen molar-refractivity contribution in [2.24, 2.45) is 0 Å². The van der Waals surface area contributed by atoms with Crippen molar-refractivity contribution in [3.05, 3.63) is 23.8 Å². The smallest absolute Gasteiger partial charge is 0.251 e. The van der Waals surface area contributed by atoms with E-state index in [1.165, 1.54) is 12.8 Å². The van der Waals surface area contributed by atoms with Crippen LogP contribution < -0.4 is 20.1 Å². The molecule has 4 rings (SSSR count). The van der Waals surface area contributed by atoms with E-state index in [4.69, 9.17) is 9.47 Å². The van der Waals surface area contributed by atoms with Gasteiger partial charge in [-0.05, 0) is 43.9 Å². The fourth-order valence-corrected chi connectivity index (χ4v) is 3.75. The maximum Gasteiger partial charge on any atom is 0.251 e. The van der Waals surface area contributed by atoms with Gasteiger partial charge in [0.25, 0.3) is 5.91 Å². The molecule has 1 amide bonds. The molecule has 2 saturated heterocycles. The molecule has 0 radical (unpaired) electrons. The van der Waals surface area contributed by atoms with Gasteiger partial charge in [0.15, 0.2) is 11.5 Å². The van der Waals surface area contributed by atoms with Crippen LogP contribution in [0, 0.1) is 0 Å². The molecule has 2 fully saturated rings. The number of hydrogen-bond acceptors (Lipinski definition) is 4. The Balaban J connectivity index is 0.00000156. The van der Waals surface area contributed by atoms with Crippen molar-refractivity contribution in [1.82, 2.24) is 10.6 Å². The second-order valence-electron chi connectivity index (χ2n) is 6.49. The third-order valence-electron chi connectivity index (χ3n) is 4.82. The topological polar surface area (TPSA) is 59.6 Å². The summed E-state index contributed by atoms with van der Waals surface area (Å²) in [5, 5.41) is 6.78. The van der Waals surface area contributed by atoms with Crippen molar-refractivity contribution in [3.8, 4) is 11.5 Å². The van der Waals surface area contributed by atoms with Crippen LogP contribution in [0.1, 0.15) is 42.5 Å². The third-order valence-corrected chi connectivity index (χ3v) is 4.82. The van der Waals surface area contributed by atoms with Gasteiger partial charge in [-0.15, -0.1) is 12.4 Å². The highest BCUT2D eigenvalue weighted by molar-refractivity contribution is 5.95. The van der Waals surface area contributed by atoms with Crippen LogP contribution in [-0.4, -0.2) is 37.2 Å². The van der Waals surface area contributed by atoms with Crippen molar-refractivity contribution >= 4 is 18.3 Å². The Kier molecular flexibility index (Phi) is 4.97. The minimum Gasteiger partial charge on any atom is -0.490 e. The SMILES string of the molecule is Cl.O=C(NC1CC2CCC(C1)N2)c1ccc2c(c1)OCCCO2. The Hall–Kier alpha value is -1.46. The van der Waals surface area contributed by atoms with Gasteiger partial charge >= 0.3 is 0 Å². The molecule has 1 aromatic carbocycles. The molecule has 2 atom stereocenters. The molecule has 0 aliphatic carbocycles. The van der Waals surface area contributed by atoms with Crippen LogP contribution in [0.25, 0.3) is 0 Å². The second-order valence-corrected chi connectivity index (χ2v) is 6.49. The molecule has 23 heavy (non-hydrogen) atoms. The minimum atomic E-state index is -0.0121. The number of hydrogen-bond donors (Lipinski definition) is 2. The summed E-state index contributed by atoms with van der Waals surface area (Å²) in [6.07, 6.45) is 5.41. The summed E-state index contributed by atoms with van der Waals surface area (Å²) in [5.74, 6) is 1.39. The van der Waals surface area contributed by atoms with Gasteiger partial charge in [-0.1, -0.05) is 0 Å². The molecule has 0 spiro atoms. The summed E-state index contributed by atoms with van der Waals surface area (Å²) in [7, 11) is 0. The molecule has 0 saturated carbocycles. The number of ether oxygens (including phenoxy) is 2. The summed E-state index contributed by atoms with van der Waals surface area (Å²) in [6, 6.07) is 6.88. The van der Waals surface area contributed by atoms with Crippen LogP contribution in [0.5, 0.6) is 11.5 Å². The quantitative estimate of drug-likeness (QED) is 0.868. The Morgan fingerprint density at radius 2 is 1.78 bits per heavy atom. The lowest BCUT2D eigenvalue weighted by molar-refractivity contribution is 0.0923.